The molecule has 8 heteroatoms. The van der Waals surface area contributed by atoms with Crippen LogP contribution in [-0.2, 0) is 16.0 Å². The summed E-state index contributed by atoms with van der Waals surface area (Å²) in [4.78, 5) is 41.1. The molecule has 0 saturated carbocycles. The summed E-state index contributed by atoms with van der Waals surface area (Å²) in [5, 5.41) is 7.16. The second kappa shape index (κ2) is 9.31. The minimum atomic E-state index is -0.643. The number of imide groups is 1. The molecule has 1 aliphatic rings. The van der Waals surface area contributed by atoms with Crippen LogP contribution < -0.4 is 10.6 Å². The average Bonchev–Trinajstić information content (AvgIpc) is 3.18. The molecule has 4 amide bonds. The fourth-order valence-electron chi connectivity index (χ4n) is 3.44. The zero-order chi connectivity index (χ0) is 21.0. The second-order valence-corrected chi connectivity index (χ2v) is 8.25. The zero-order valence-electron chi connectivity index (χ0n) is 16.8. The van der Waals surface area contributed by atoms with Crippen LogP contribution in [0.3, 0.4) is 0 Å². The van der Waals surface area contributed by atoms with Crippen molar-refractivity contribution in [2.24, 2.45) is 5.92 Å². The van der Waals surface area contributed by atoms with Crippen LogP contribution in [-0.4, -0.2) is 46.9 Å². The Balaban J connectivity index is 1.51. The first-order valence-electron chi connectivity index (χ1n) is 9.99. The Morgan fingerprint density at radius 3 is 2.86 bits per heavy atom. The maximum Gasteiger partial charge on any atom is 0.324 e. The number of amides is 4. The molecule has 7 nitrogen and oxygen atoms in total. The molecule has 0 spiro atoms. The number of nitrogens with one attached hydrogen (secondary N) is 3. The van der Waals surface area contributed by atoms with E-state index in [0.29, 0.717) is 30.3 Å². The summed E-state index contributed by atoms with van der Waals surface area (Å²) < 4.78 is 0. The van der Waals surface area contributed by atoms with Gasteiger partial charge in [0.1, 0.15) is 6.04 Å². The van der Waals surface area contributed by atoms with E-state index in [0.717, 1.165) is 22.9 Å². The predicted octanol–water partition coefficient (Wildman–Crippen LogP) is 3.23. The van der Waals surface area contributed by atoms with Gasteiger partial charge in [0.15, 0.2) is 0 Å². The topological polar surface area (TPSA) is 94.3 Å². The number of fused-ring (bicyclic) bond motifs is 1. The van der Waals surface area contributed by atoms with Gasteiger partial charge in [-0.1, -0.05) is 25.4 Å². The number of urea groups is 1. The highest BCUT2D eigenvalue weighted by atomic mass is 35.5. The van der Waals surface area contributed by atoms with Crippen molar-refractivity contribution in [1.29, 1.82) is 0 Å². The van der Waals surface area contributed by atoms with E-state index >= 15 is 0 Å². The summed E-state index contributed by atoms with van der Waals surface area (Å²) in [6, 6.07) is 4.53. The van der Waals surface area contributed by atoms with Gasteiger partial charge in [-0.25, -0.2) is 4.79 Å². The van der Waals surface area contributed by atoms with E-state index in [1.54, 1.807) is 0 Å². The van der Waals surface area contributed by atoms with Gasteiger partial charge < -0.3 is 15.6 Å². The largest absolute Gasteiger partial charge is 0.361 e. The number of rotatable bonds is 9. The standard InChI is InChI=1S/C21H27ClN4O3/c1-13(2)7-9-23-19(27)6-5-18-20(28)26(21(29)25-18)10-8-14-12-24-17-4-3-15(22)11-16(14)17/h3-4,11-13,18,24H,5-10H2,1-2H3,(H,23,27)(H,25,29)/t18-/m0/s1. The maximum atomic E-state index is 12.6. The molecule has 1 fully saturated rings. The van der Waals surface area contributed by atoms with Crippen LogP contribution in [0, 0.1) is 5.92 Å². The van der Waals surface area contributed by atoms with Crippen molar-refractivity contribution in [3.05, 3.63) is 35.0 Å². The highest BCUT2D eigenvalue weighted by Gasteiger charge is 2.37. The molecule has 1 aliphatic heterocycles. The van der Waals surface area contributed by atoms with Crippen LogP contribution in [0.2, 0.25) is 5.02 Å². The number of hydrogen-bond donors (Lipinski definition) is 3. The molecular weight excluding hydrogens is 392 g/mol. The summed E-state index contributed by atoms with van der Waals surface area (Å²) in [7, 11) is 0. The lowest BCUT2D eigenvalue weighted by atomic mass is 10.1. The summed E-state index contributed by atoms with van der Waals surface area (Å²) in [6.07, 6.45) is 3.83. The van der Waals surface area contributed by atoms with Crippen molar-refractivity contribution in [2.45, 2.75) is 45.6 Å². The third kappa shape index (κ3) is 5.29. The van der Waals surface area contributed by atoms with Crippen molar-refractivity contribution in [1.82, 2.24) is 20.5 Å². The molecule has 0 aliphatic carbocycles. The third-order valence-corrected chi connectivity index (χ3v) is 5.38. The summed E-state index contributed by atoms with van der Waals surface area (Å²) in [5.41, 5.74) is 1.96. The van der Waals surface area contributed by atoms with E-state index in [9.17, 15) is 14.4 Å². The molecule has 0 bridgehead atoms. The molecule has 1 atom stereocenters. The maximum absolute atomic E-state index is 12.6. The van der Waals surface area contributed by atoms with Crippen LogP contribution in [0.15, 0.2) is 24.4 Å². The number of halogens is 1. The normalized spacial score (nSPS) is 16.7. The predicted molar refractivity (Wildman–Crippen MR) is 113 cm³/mol. The third-order valence-electron chi connectivity index (χ3n) is 5.15. The molecule has 3 N–H and O–H groups in total. The number of carbonyl (C=O) groups excluding carboxylic acids is 3. The van der Waals surface area contributed by atoms with Gasteiger partial charge in [-0.3, -0.25) is 14.5 Å². The minimum absolute atomic E-state index is 0.0955. The Morgan fingerprint density at radius 2 is 2.10 bits per heavy atom. The number of aromatic amines is 1. The first-order valence-corrected chi connectivity index (χ1v) is 10.4. The molecule has 156 valence electrons. The molecule has 2 heterocycles. The monoisotopic (exact) mass is 418 g/mol. The summed E-state index contributed by atoms with van der Waals surface area (Å²) in [5.74, 6) is 0.150. The summed E-state index contributed by atoms with van der Waals surface area (Å²) in [6.45, 7) is 5.10. The van der Waals surface area contributed by atoms with Crippen LogP contribution in [0.4, 0.5) is 4.79 Å². The first kappa shape index (κ1) is 21.2. The van der Waals surface area contributed by atoms with Crippen LogP contribution >= 0.6 is 11.6 Å². The number of hydrogen-bond acceptors (Lipinski definition) is 3. The van der Waals surface area contributed by atoms with Gasteiger partial charge in [0, 0.05) is 41.6 Å². The van der Waals surface area contributed by atoms with Crippen molar-refractivity contribution in [2.75, 3.05) is 13.1 Å². The van der Waals surface area contributed by atoms with Crippen molar-refractivity contribution in [3.8, 4) is 0 Å². The lowest BCUT2D eigenvalue weighted by molar-refractivity contribution is -0.127. The molecule has 1 saturated heterocycles. The van der Waals surface area contributed by atoms with Crippen molar-refractivity contribution >= 4 is 40.3 Å². The van der Waals surface area contributed by atoms with E-state index in [1.807, 2.05) is 24.4 Å². The zero-order valence-corrected chi connectivity index (χ0v) is 17.5. The highest BCUT2D eigenvalue weighted by Crippen LogP contribution is 2.23. The fourth-order valence-corrected chi connectivity index (χ4v) is 3.61. The van der Waals surface area contributed by atoms with Crippen LogP contribution in [0.25, 0.3) is 10.9 Å². The van der Waals surface area contributed by atoms with E-state index in [4.69, 9.17) is 11.6 Å². The Bertz CT molecular complexity index is 908. The van der Waals surface area contributed by atoms with E-state index < -0.39 is 12.1 Å². The second-order valence-electron chi connectivity index (χ2n) is 7.82. The van der Waals surface area contributed by atoms with Gasteiger partial charge in [0.05, 0.1) is 0 Å². The molecule has 0 radical (unpaired) electrons. The van der Waals surface area contributed by atoms with Crippen molar-refractivity contribution < 1.29 is 14.4 Å². The quantitative estimate of drug-likeness (QED) is 0.545. The number of H-pyrrole nitrogens is 1. The van der Waals surface area contributed by atoms with Gasteiger partial charge in [0.25, 0.3) is 5.91 Å². The number of carbonyl (C=O) groups is 3. The molecule has 0 unspecified atom stereocenters. The number of nitrogens with zero attached hydrogens (tertiary/aromatic N) is 1. The fraction of sp³-hybridized carbons (Fsp3) is 0.476. The molecule has 1 aromatic heterocycles. The van der Waals surface area contributed by atoms with E-state index in [-0.39, 0.29) is 24.8 Å². The molecule has 29 heavy (non-hydrogen) atoms. The summed E-state index contributed by atoms with van der Waals surface area (Å²) >= 11 is 6.07. The molecule has 1 aromatic carbocycles. The van der Waals surface area contributed by atoms with Crippen molar-refractivity contribution in [3.63, 3.8) is 0 Å². The molecular formula is C21H27ClN4O3. The molecule has 3 rings (SSSR count). The van der Waals surface area contributed by atoms with Crippen LogP contribution in [0.5, 0.6) is 0 Å². The molecule has 2 aromatic rings. The van der Waals surface area contributed by atoms with Gasteiger partial charge >= 0.3 is 6.03 Å². The van der Waals surface area contributed by atoms with Gasteiger partial charge in [-0.15, -0.1) is 0 Å². The first-order chi connectivity index (χ1) is 13.8. The Morgan fingerprint density at radius 1 is 1.31 bits per heavy atom. The Kier molecular flexibility index (Phi) is 6.79. The number of benzene rings is 1. The smallest absolute Gasteiger partial charge is 0.324 e. The number of aromatic nitrogens is 1. The lowest BCUT2D eigenvalue weighted by Gasteiger charge is -2.13. The van der Waals surface area contributed by atoms with E-state index in [2.05, 4.69) is 29.5 Å². The van der Waals surface area contributed by atoms with Crippen LogP contribution in [0.1, 0.15) is 38.7 Å². The van der Waals surface area contributed by atoms with Gasteiger partial charge in [0.2, 0.25) is 5.91 Å². The Hall–Kier alpha value is -2.54. The average molecular weight is 419 g/mol. The minimum Gasteiger partial charge on any atom is -0.361 e. The Labute approximate surface area is 175 Å². The highest BCUT2D eigenvalue weighted by molar-refractivity contribution is 6.31. The van der Waals surface area contributed by atoms with Gasteiger partial charge in [-0.2, -0.15) is 0 Å². The SMILES string of the molecule is CC(C)CCNC(=O)CC[C@@H]1NC(=O)N(CCc2c[nH]c3ccc(Cl)cc23)C1=O. The van der Waals surface area contributed by atoms with E-state index in [1.165, 1.54) is 4.90 Å². The lowest BCUT2D eigenvalue weighted by Crippen LogP contribution is -2.34. The van der Waals surface area contributed by atoms with Gasteiger partial charge in [-0.05, 0) is 48.9 Å².